The Hall–Kier alpha value is -3.01. The maximum absolute atomic E-state index is 6.75. The van der Waals surface area contributed by atoms with E-state index in [4.69, 9.17) is 16.5 Å². The van der Waals surface area contributed by atoms with Gasteiger partial charge in [0.15, 0.2) is 0 Å². The second-order valence-electron chi connectivity index (χ2n) is 8.92. The third-order valence-electron chi connectivity index (χ3n) is 5.47. The number of nitrogens with zero attached hydrogens (tertiary/aromatic N) is 2. The monoisotopic (exact) mass is 418 g/mol. The number of aryl methyl sites for hydroxylation is 3. The molecule has 0 aliphatic carbocycles. The highest BCUT2D eigenvalue weighted by Gasteiger charge is 2.26. The number of imidazole rings is 1. The Morgan fingerprint density at radius 2 is 1.61 bits per heavy atom. The first kappa shape index (κ1) is 24.3. The Labute approximate surface area is 188 Å². The molecule has 0 saturated heterocycles. The third-order valence-corrected chi connectivity index (χ3v) is 5.47. The first-order valence-corrected chi connectivity index (χ1v) is 11.0. The summed E-state index contributed by atoms with van der Waals surface area (Å²) >= 11 is 0. The lowest BCUT2D eigenvalue weighted by atomic mass is 9.81. The van der Waals surface area contributed by atoms with Gasteiger partial charge < -0.3 is 11.5 Å². The van der Waals surface area contributed by atoms with E-state index in [-0.39, 0.29) is 5.41 Å². The van der Waals surface area contributed by atoms with Gasteiger partial charge in [-0.15, -0.1) is 0 Å². The van der Waals surface area contributed by atoms with Crippen molar-refractivity contribution in [1.29, 1.82) is 0 Å². The van der Waals surface area contributed by atoms with Gasteiger partial charge in [0.1, 0.15) is 5.82 Å². The van der Waals surface area contributed by atoms with Gasteiger partial charge in [-0.1, -0.05) is 64.4 Å². The molecule has 0 aliphatic heterocycles. The number of benzene rings is 2. The first-order chi connectivity index (χ1) is 14.6. The Balaban J connectivity index is 0.00000166. The van der Waals surface area contributed by atoms with Crippen molar-refractivity contribution in [2.45, 2.75) is 67.7 Å². The molecule has 4 N–H and O–H groups in total. The van der Waals surface area contributed by atoms with Crippen molar-refractivity contribution in [2.24, 2.45) is 5.73 Å². The molecule has 0 aliphatic rings. The Morgan fingerprint density at radius 3 is 2.13 bits per heavy atom. The van der Waals surface area contributed by atoms with E-state index in [0.29, 0.717) is 5.69 Å². The molecule has 0 saturated carbocycles. The fraction of sp³-hybridized carbons (Fsp3) is 0.370. The van der Waals surface area contributed by atoms with Gasteiger partial charge in [0.2, 0.25) is 0 Å². The van der Waals surface area contributed by atoms with Crippen molar-refractivity contribution < 1.29 is 0 Å². The van der Waals surface area contributed by atoms with E-state index in [0.717, 1.165) is 28.2 Å². The minimum Gasteiger partial charge on any atom is -0.404 e. The number of rotatable bonds is 3. The van der Waals surface area contributed by atoms with Crippen LogP contribution in [0.1, 0.15) is 69.4 Å². The SMILES string of the molecule is C/C(=C/N)c1ccc(C(C)(C)C)c(-c2nccn2-c2c(C)cc(C)cc2C)c1N.CC. The summed E-state index contributed by atoms with van der Waals surface area (Å²) in [6, 6.07) is 8.63. The second kappa shape index (κ2) is 9.42. The molecular formula is C27H38N4. The van der Waals surface area contributed by atoms with Crippen molar-refractivity contribution in [3.8, 4) is 17.1 Å². The molecule has 1 heterocycles. The first-order valence-electron chi connectivity index (χ1n) is 11.0. The molecule has 0 radical (unpaired) electrons. The molecule has 0 amide bonds. The summed E-state index contributed by atoms with van der Waals surface area (Å²) in [6.07, 6.45) is 5.47. The number of allylic oxidation sites excluding steroid dienone is 1. The second-order valence-corrected chi connectivity index (χ2v) is 8.92. The van der Waals surface area contributed by atoms with Crippen LogP contribution in [0.2, 0.25) is 0 Å². The molecule has 4 heteroatoms. The average Bonchev–Trinajstić information content (AvgIpc) is 3.16. The van der Waals surface area contributed by atoms with Crippen LogP contribution in [0.25, 0.3) is 22.6 Å². The number of aromatic nitrogens is 2. The lowest BCUT2D eigenvalue weighted by Gasteiger charge is -2.26. The molecule has 3 rings (SSSR count). The van der Waals surface area contributed by atoms with E-state index >= 15 is 0 Å². The summed E-state index contributed by atoms with van der Waals surface area (Å²) in [6.45, 7) is 19.0. The number of hydrogen-bond donors (Lipinski definition) is 2. The van der Waals surface area contributed by atoms with Crippen molar-refractivity contribution in [3.05, 3.63) is 70.7 Å². The standard InChI is InChI=1S/C25H32N4.C2H6/c1-15-12-16(2)23(17(3)13-15)29-11-10-28-24(29)21-20(25(5,6)7)9-8-19(22(21)27)18(4)14-26;1-2/h8-14H,26-27H2,1-7H3;1-2H3/b18-14-;. The van der Waals surface area contributed by atoms with E-state index in [1.54, 1.807) is 6.20 Å². The molecule has 0 fully saturated rings. The van der Waals surface area contributed by atoms with Crippen LogP contribution < -0.4 is 11.5 Å². The molecule has 0 atom stereocenters. The molecule has 1 aromatic heterocycles. The molecule has 3 aromatic rings. The Kier molecular flexibility index (Phi) is 7.37. The summed E-state index contributed by atoms with van der Waals surface area (Å²) in [5.41, 5.74) is 22.0. The lowest BCUT2D eigenvalue weighted by Crippen LogP contribution is -2.16. The van der Waals surface area contributed by atoms with Crippen LogP contribution in [-0.4, -0.2) is 9.55 Å². The molecule has 4 nitrogen and oxygen atoms in total. The molecular weight excluding hydrogens is 380 g/mol. The largest absolute Gasteiger partial charge is 0.404 e. The van der Waals surface area contributed by atoms with Crippen LogP contribution in [0.4, 0.5) is 5.69 Å². The average molecular weight is 419 g/mol. The van der Waals surface area contributed by atoms with Gasteiger partial charge in [-0.3, -0.25) is 4.57 Å². The maximum Gasteiger partial charge on any atom is 0.146 e. The van der Waals surface area contributed by atoms with Crippen LogP contribution >= 0.6 is 0 Å². The number of nitrogens with two attached hydrogens (primary N) is 2. The fourth-order valence-corrected chi connectivity index (χ4v) is 4.14. The summed E-state index contributed by atoms with van der Waals surface area (Å²) in [4.78, 5) is 4.76. The van der Waals surface area contributed by atoms with Gasteiger partial charge in [-0.05, 0) is 61.6 Å². The lowest BCUT2D eigenvalue weighted by molar-refractivity contribution is 0.591. The number of hydrogen-bond acceptors (Lipinski definition) is 3. The van der Waals surface area contributed by atoms with E-state index in [1.165, 1.54) is 22.3 Å². The summed E-state index contributed by atoms with van der Waals surface area (Å²) in [5, 5.41) is 0. The van der Waals surface area contributed by atoms with Gasteiger partial charge in [-0.25, -0.2) is 4.98 Å². The highest BCUT2D eigenvalue weighted by molar-refractivity contribution is 5.87. The van der Waals surface area contributed by atoms with Crippen molar-refractivity contribution in [2.75, 3.05) is 5.73 Å². The van der Waals surface area contributed by atoms with Gasteiger partial charge in [-0.2, -0.15) is 0 Å². The summed E-state index contributed by atoms with van der Waals surface area (Å²) in [7, 11) is 0. The number of anilines is 1. The summed E-state index contributed by atoms with van der Waals surface area (Å²) < 4.78 is 2.16. The van der Waals surface area contributed by atoms with Crippen LogP contribution in [0.3, 0.4) is 0 Å². The smallest absolute Gasteiger partial charge is 0.146 e. The van der Waals surface area contributed by atoms with Crippen molar-refractivity contribution >= 4 is 11.3 Å². The molecule has 166 valence electrons. The van der Waals surface area contributed by atoms with Gasteiger partial charge in [0, 0.05) is 23.5 Å². The van der Waals surface area contributed by atoms with E-state index in [1.807, 2.05) is 33.2 Å². The predicted octanol–water partition coefficient (Wildman–Crippen LogP) is 6.69. The van der Waals surface area contributed by atoms with Gasteiger partial charge in [0.05, 0.1) is 11.4 Å². The van der Waals surface area contributed by atoms with Crippen molar-refractivity contribution in [1.82, 2.24) is 9.55 Å². The molecule has 0 unspecified atom stereocenters. The normalized spacial score (nSPS) is 11.8. The van der Waals surface area contributed by atoms with Crippen LogP contribution in [0, 0.1) is 20.8 Å². The molecule has 0 bridgehead atoms. The molecule has 2 aromatic carbocycles. The fourth-order valence-electron chi connectivity index (χ4n) is 4.14. The maximum atomic E-state index is 6.75. The van der Waals surface area contributed by atoms with E-state index in [9.17, 15) is 0 Å². The van der Waals surface area contributed by atoms with Crippen LogP contribution in [0.15, 0.2) is 42.9 Å². The van der Waals surface area contributed by atoms with E-state index < -0.39 is 0 Å². The zero-order valence-corrected chi connectivity index (χ0v) is 20.6. The van der Waals surface area contributed by atoms with Gasteiger partial charge in [0.25, 0.3) is 0 Å². The Morgan fingerprint density at radius 1 is 1.03 bits per heavy atom. The zero-order chi connectivity index (χ0) is 23.5. The summed E-state index contributed by atoms with van der Waals surface area (Å²) in [5.74, 6) is 0.856. The third kappa shape index (κ3) is 4.68. The molecule has 0 spiro atoms. The minimum atomic E-state index is -0.0868. The van der Waals surface area contributed by atoms with Gasteiger partial charge >= 0.3 is 0 Å². The Bertz CT molecular complexity index is 1070. The number of nitrogen functional groups attached to an aromatic ring is 1. The van der Waals surface area contributed by atoms with Crippen molar-refractivity contribution in [3.63, 3.8) is 0 Å². The predicted molar refractivity (Wildman–Crippen MR) is 136 cm³/mol. The zero-order valence-electron chi connectivity index (χ0n) is 20.6. The van der Waals surface area contributed by atoms with Crippen LogP contribution in [0.5, 0.6) is 0 Å². The quantitative estimate of drug-likeness (QED) is 0.465. The highest BCUT2D eigenvalue weighted by Crippen LogP contribution is 2.41. The molecule has 31 heavy (non-hydrogen) atoms. The van der Waals surface area contributed by atoms with Crippen LogP contribution in [-0.2, 0) is 5.41 Å². The minimum absolute atomic E-state index is 0.0868. The topological polar surface area (TPSA) is 69.9 Å². The van der Waals surface area contributed by atoms with E-state index in [2.05, 4.69) is 70.4 Å². The highest BCUT2D eigenvalue weighted by atomic mass is 15.1.